The highest BCUT2D eigenvalue weighted by Crippen LogP contribution is 2.34. The first-order chi connectivity index (χ1) is 9.40. The average molecular weight is 298 g/mol. The second-order valence-corrected chi connectivity index (χ2v) is 4.99. The van der Waals surface area contributed by atoms with Gasteiger partial charge in [0.15, 0.2) is 11.6 Å². The summed E-state index contributed by atoms with van der Waals surface area (Å²) in [4.78, 5) is 0. The Morgan fingerprint density at radius 1 is 1.20 bits per heavy atom. The molecule has 2 aromatic carbocycles. The Labute approximate surface area is 121 Å². The fourth-order valence-corrected chi connectivity index (χ4v) is 1.96. The SMILES string of the molecule is Cc1cc(Oc2cccc(Cl)c2F)c(C(C)N)cc1F. The van der Waals surface area contributed by atoms with Gasteiger partial charge in [-0.05, 0) is 43.7 Å². The Bertz CT molecular complexity index is 644. The molecule has 0 heterocycles. The molecule has 0 saturated carbocycles. The minimum atomic E-state index is -0.660. The maximum atomic E-state index is 13.8. The number of hydrogen-bond donors (Lipinski definition) is 1. The van der Waals surface area contributed by atoms with Crippen LogP contribution in [0.15, 0.2) is 30.3 Å². The van der Waals surface area contributed by atoms with Crippen molar-refractivity contribution in [3.8, 4) is 11.5 Å². The molecule has 0 radical (unpaired) electrons. The van der Waals surface area contributed by atoms with Crippen molar-refractivity contribution in [3.63, 3.8) is 0 Å². The summed E-state index contributed by atoms with van der Waals surface area (Å²) in [5.74, 6) is -0.742. The Hall–Kier alpha value is -1.65. The van der Waals surface area contributed by atoms with Gasteiger partial charge in [-0.25, -0.2) is 8.78 Å². The lowest BCUT2D eigenvalue weighted by molar-refractivity contribution is 0.433. The van der Waals surface area contributed by atoms with Crippen molar-refractivity contribution >= 4 is 11.6 Å². The maximum absolute atomic E-state index is 13.8. The van der Waals surface area contributed by atoms with Crippen molar-refractivity contribution in [1.82, 2.24) is 0 Å². The molecule has 2 rings (SSSR count). The highest BCUT2D eigenvalue weighted by molar-refractivity contribution is 6.30. The van der Waals surface area contributed by atoms with Gasteiger partial charge in [-0.1, -0.05) is 17.7 Å². The second kappa shape index (κ2) is 5.77. The molecular formula is C15H14ClF2NO. The van der Waals surface area contributed by atoms with E-state index in [0.29, 0.717) is 16.9 Å². The number of rotatable bonds is 3. The molecule has 0 saturated heterocycles. The van der Waals surface area contributed by atoms with E-state index in [9.17, 15) is 8.78 Å². The number of halogens is 3. The molecule has 106 valence electrons. The van der Waals surface area contributed by atoms with Gasteiger partial charge in [0.1, 0.15) is 11.6 Å². The Balaban J connectivity index is 2.47. The van der Waals surface area contributed by atoms with E-state index in [1.807, 2.05) is 0 Å². The van der Waals surface area contributed by atoms with E-state index in [0.717, 1.165) is 0 Å². The summed E-state index contributed by atoms with van der Waals surface area (Å²) in [6.07, 6.45) is 0. The zero-order chi connectivity index (χ0) is 14.9. The lowest BCUT2D eigenvalue weighted by atomic mass is 10.1. The summed E-state index contributed by atoms with van der Waals surface area (Å²) < 4.78 is 32.9. The normalized spacial score (nSPS) is 12.3. The van der Waals surface area contributed by atoms with E-state index >= 15 is 0 Å². The van der Waals surface area contributed by atoms with Crippen molar-refractivity contribution in [1.29, 1.82) is 0 Å². The molecule has 0 aliphatic carbocycles. The van der Waals surface area contributed by atoms with E-state index in [-0.39, 0.29) is 16.6 Å². The smallest absolute Gasteiger partial charge is 0.184 e. The molecule has 20 heavy (non-hydrogen) atoms. The standard InChI is InChI=1S/C15H14ClF2NO/c1-8-6-14(10(9(2)19)7-12(8)17)20-13-5-3-4-11(16)15(13)18/h3-7,9H,19H2,1-2H3. The molecule has 0 aliphatic rings. The van der Waals surface area contributed by atoms with E-state index in [1.165, 1.54) is 24.3 Å². The molecule has 0 aromatic heterocycles. The van der Waals surface area contributed by atoms with Gasteiger partial charge in [0.05, 0.1) is 5.02 Å². The summed E-state index contributed by atoms with van der Waals surface area (Å²) in [7, 11) is 0. The summed E-state index contributed by atoms with van der Waals surface area (Å²) >= 11 is 5.70. The quantitative estimate of drug-likeness (QED) is 0.888. The lowest BCUT2D eigenvalue weighted by Gasteiger charge is -2.15. The van der Waals surface area contributed by atoms with Crippen LogP contribution in [0.25, 0.3) is 0 Å². The molecule has 0 bridgehead atoms. The first-order valence-corrected chi connectivity index (χ1v) is 6.45. The van der Waals surface area contributed by atoms with Crippen molar-refractivity contribution in [3.05, 3.63) is 58.1 Å². The van der Waals surface area contributed by atoms with Gasteiger partial charge in [-0.3, -0.25) is 0 Å². The maximum Gasteiger partial charge on any atom is 0.184 e. The molecule has 0 spiro atoms. The van der Waals surface area contributed by atoms with Crippen LogP contribution in [0.2, 0.25) is 5.02 Å². The van der Waals surface area contributed by atoms with Gasteiger partial charge >= 0.3 is 0 Å². The number of benzene rings is 2. The van der Waals surface area contributed by atoms with Crippen LogP contribution in [0.3, 0.4) is 0 Å². The first-order valence-electron chi connectivity index (χ1n) is 6.07. The monoisotopic (exact) mass is 297 g/mol. The molecule has 0 aliphatic heterocycles. The first kappa shape index (κ1) is 14.8. The predicted octanol–water partition coefficient (Wildman–Crippen LogP) is 4.74. The molecule has 2 nitrogen and oxygen atoms in total. The van der Waals surface area contributed by atoms with E-state index in [4.69, 9.17) is 22.1 Å². The van der Waals surface area contributed by atoms with Gasteiger partial charge in [-0.15, -0.1) is 0 Å². The summed E-state index contributed by atoms with van der Waals surface area (Å²) in [6, 6.07) is 6.80. The molecule has 2 N–H and O–H groups in total. The summed E-state index contributed by atoms with van der Waals surface area (Å²) in [5, 5.41) is -0.0383. The van der Waals surface area contributed by atoms with Crippen LogP contribution in [-0.4, -0.2) is 0 Å². The van der Waals surface area contributed by atoms with E-state index in [2.05, 4.69) is 0 Å². The Morgan fingerprint density at radius 3 is 2.55 bits per heavy atom. The van der Waals surface area contributed by atoms with Gasteiger partial charge in [-0.2, -0.15) is 0 Å². The van der Waals surface area contributed by atoms with Crippen LogP contribution in [0.5, 0.6) is 11.5 Å². The topological polar surface area (TPSA) is 35.2 Å². The zero-order valence-corrected chi connectivity index (χ0v) is 11.8. The molecule has 0 fully saturated rings. The Kier molecular flexibility index (Phi) is 4.26. The van der Waals surface area contributed by atoms with Crippen molar-refractivity contribution in [2.75, 3.05) is 0 Å². The molecular weight excluding hydrogens is 284 g/mol. The number of nitrogens with two attached hydrogens (primary N) is 1. The van der Waals surface area contributed by atoms with Crippen LogP contribution in [0, 0.1) is 18.6 Å². The third-order valence-electron chi connectivity index (χ3n) is 2.92. The van der Waals surface area contributed by atoms with Gasteiger partial charge in [0.25, 0.3) is 0 Å². The highest BCUT2D eigenvalue weighted by Gasteiger charge is 2.15. The van der Waals surface area contributed by atoms with Gasteiger partial charge in [0.2, 0.25) is 0 Å². The number of aryl methyl sites for hydroxylation is 1. The molecule has 0 amide bonds. The van der Waals surface area contributed by atoms with E-state index < -0.39 is 11.9 Å². The van der Waals surface area contributed by atoms with Crippen molar-refractivity contribution < 1.29 is 13.5 Å². The molecule has 1 atom stereocenters. The van der Waals surface area contributed by atoms with Crippen molar-refractivity contribution in [2.45, 2.75) is 19.9 Å². The third kappa shape index (κ3) is 2.92. The average Bonchev–Trinajstić information content (AvgIpc) is 2.38. The molecule has 2 aromatic rings. The minimum Gasteiger partial charge on any atom is -0.454 e. The zero-order valence-electron chi connectivity index (χ0n) is 11.1. The Morgan fingerprint density at radius 2 is 1.90 bits per heavy atom. The fraction of sp³-hybridized carbons (Fsp3) is 0.200. The molecule has 1 unspecified atom stereocenters. The van der Waals surface area contributed by atoms with Crippen molar-refractivity contribution in [2.24, 2.45) is 5.73 Å². The van der Waals surface area contributed by atoms with Gasteiger partial charge in [0, 0.05) is 11.6 Å². The summed E-state index contributed by atoms with van der Waals surface area (Å²) in [5.41, 5.74) is 6.65. The molecule has 5 heteroatoms. The predicted molar refractivity (Wildman–Crippen MR) is 75.2 cm³/mol. The van der Waals surface area contributed by atoms with E-state index in [1.54, 1.807) is 19.9 Å². The van der Waals surface area contributed by atoms with Crippen LogP contribution in [0.4, 0.5) is 8.78 Å². The number of ether oxygens (including phenoxy) is 1. The fourth-order valence-electron chi connectivity index (χ4n) is 1.80. The minimum absolute atomic E-state index is 0.0228. The van der Waals surface area contributed by atoms with Crippen LogP contribution in [-0.2, 0) is 0 Å². The van der Waals surface area contributed by atoms with Gasteiger partial charge < -0.3 is 10.5 Å². The largest absolute Gasteiger partial charge is 0.454 e. The van der Waals surface area contributed by atoms with Crippen LogP contribution >= 0.6 is 11.6 Å². The number of hydrogen-bond acceptors (Lipinski definition) is 2. The van der Waals surface area contributed by atoms with Crippen LogP contribution in [0.1, 0.15) is 24.1 Å². The third-order valence-corrected chi connectivity index (χ3v) is 3.21. The highest BCUT2D eigenvalue weighted by atomic mass is 35.5. The lowest BCUT2D eigenvalue weighted by Crippen LogP contribution is -2.08. The summed E-state index contributed by atoms with van der Waals surface area (Å²) in [6.45, 7) is 3.30. The van der Waals surface area contributed by atoms with Crippen LogP contribution < -0.4 is 10.5 Å². The second-order valence-electron chi connectivity index (χ2n) is 4.58.